The molecule has 7 aromatic rings. The molecule has 0 amide bonds. The Hall–Kier alpha value is -5.08. The van der Waals surface area contributed by atoms with E-state index in [9.17, 15) is 0 Å². The predicted octanol–water partition coefficient (Wildman–Crippen LogP) is 14.3. The van der Waals surface area contributed by atoms with Crippen LogP contribution in [-0.4, -0.2) is 0 Å². The molecule has 0 bridgehead atoms. The van der Waals surface area contributed by atoms with Gasteiger partial charge in [-0.15, -0.1) is 0 Å². The SMILES string of the molecule is CC(C)(C)c1ccc2c(c1)C(C)(C)c1cc(N(c3ccc4c(c3)C(C)(C)c3ccccc3-4)c3cccc4c3oc3cccc(C(C)(C)C)c34)ccc1-2. The molecule has 0 N–H and O–H groups in total. The topological polar surface area (TPSA) is 16.4 Å². The molecule has 0 aliphatic heterocycles. The van der Waals surface area contributed by atoms with Crippen LogP contribution < -0.4 is 4.90 Å². The molecule has 6 aromatic carbocycles. The molecule has 0 spiro atoms. The van der Waals surface area contributed by atoms with Crippen LogP contribution in [0.1, 0.15) is 103 Å². The normalized spacial score (nSPS) is 15.4. The van der Waals surface area contributed by atoms with Gasteiger partial charge in [0.05, 0.1) is 5.69 Å². The summed E-state index contributed by atoms with van der Waals surface area (Å²) >= 11 is 0. The molecule has 0 radical (unpaired) electrons. The molecule has 1 heterocycles. The zero-order valence-corrected chi connectivity index (χ0v) is 32.3. The number of rotatable bonds is 3. The molecule has 1 aromatic heterocycles. The highest BCUT2D eigenvalue weighted by Gasteiger charge is 2.39. The molecule has 0 unspecified atom stereocenters. The van der Waals surface area contributed by atoms with E-state index in [-0.39, 0.29) is 21.7 Å². The van der Waals surface area contributed by atoms with Gasteiger partial charge in [-0.1, -0.05) is 148 Å². The van der Waals surface area contributed by atoms with Gasteiger partial charge in [-0.2, -0.15) is 0 Å². The average Bonchev–Trinajstić information content (AvgIpc) is 3.68. The number of nitrogens with zero attached hydrogens (tertiary/aromatic N) is 1. The molecular formula is C50H49NO. The molecule has 0 saturated carbocycles. The number of hydrogen-bond acceptors (Lipinski definition) is 2. The quantitative estimate of drug-likeness (QED) is 0.185. The number of furan rings is 1. The second-order valence-corrected chi connectivity index (χ2v) is 18.3. The van der Waals surface area contributed by atoms with Crippen molar-refractivity contribution < 1.29 is 4.42 Å². The third-order valence-electron chi connectivity index (χ3n) is 12.2. The Kier molecular flexibility index (Phi) is 6.77. The lowest BCUT2D eigenvalue weighted by Gasteiger charge is -2.30. The Balaban J connectivity index is 1.29. The van der Waals surface area contributed by atoms with Crippen molar-refractivity contribution in [2.45, 2.75) is 90.9 Å². The molecule has 260 valence electrons. The lowest BCUT2D eigenvalue weighted by molar-refractivity contribution is 0.584. The summed E-state index contributed by atoms with van der Waals surface area (Å²) in [5.74, 6) is 0. The second kappa shape index (κ2) is 10.7. The Morgan fingerprint density at radius 3 is 1.69 bits per heavy atom. The second-order valence-electron chi connectivity index (χ2n) is 18.3. The summed E-state index contributed by atoms with van der Waals surface area (Å²) in [4.78, 5) is 2.45. The zero-order chi connectivity index (χ0) is 36.5. The fourth-order valence-corrected chi connectivity index (χ4v) is 9.22. The monoisotopic (exact) mass is 679 g/mol. The molecular weight excluding hydrogens is 631 g/mol. The molecule has 0 fully saturated rings. The summed E-state index contributed by atoms with van der Waals surface area (Å²) in [5, 5.41) is 2.36. The molecule has 52 heavy (non-hydrogen) atoms. The van der Waals surface area contributed by atoms with Gasteiger partial charge < -0.3 is 9.32 Å². The van der Waals surface area contributed by atoms with Crippen molar-refractivity contribution >= 4 is 39.0 Å². The minimum absolute atomic E-state index is 0.0278. The van der Waals surface area contributed by atoms with E-state index in [1.165, 1.54) is 61.0 Å². The summed E-state index contributed by atoms with van der Waals surface area (Å²) in [6, 6.07) is 43.4. The summed E-state index contributed by atoms with van der Waals surface area (Å²) in [6.07, 6.45) is 0. The van der Waals surface area contributed by atoms with Crippen LogP contribution in [0.25, 0.3) is 44.2 Å². The highest BCUT2D eigenvalue weighted by atomic mass is 16.3. The zero-order valence-electron chi connectivity index (χ0n) is 32.3. The van der Waals surface area contributed by atoms with Gasteiger partial charge in [0.1, 0.15) is 5.58 Å². The van der Waals surface area contributed by atoms with Crippen LogP contribution in [0.4, 0.5) is 17.1 Å². The largest absolute Gasteiger partial charge is 0.454 e. The summed E-state index contributed by atoms with van der Waals surface area (Å²) in [6.45, 7) is 23.3. The third kappa shape index (κ3) is 4.62. The van der Waals surface area contributed by atoms with E-state index in [2.05, 4.69) is 189 Å². The van der Waals surface area contributed by atoms with Crippen molar-refractivity contribution in [1.29, 1.82) is 0 Å². The lowest BCUT2D eigenvalue weighted by atomic mass is 9.79. The van der Waals surface area contributed by atoms with Crippen molar-refractivity contribution in [1.82, 2.24) is 0 Å². The molecule has 0 saturated heterocycles. The van der Waals surface area contributed by atoms with Crippen molar-refractivity contribution in [2.24, 2.45) is 0 Å². The number of anilines is 3. The van der Waals surface area contributed by atoms with Gasteiger partial charge >= 0.3 is 0 Å². The van der Waals surface area contributed by atoms with Crippen LogP contribution in [0.5, 0.6) is 0 Å². The Labute approximate surface area is 309 Å². The standard InChI is InChI=1S/C50H49NO/c1-47(2,3)30-21-24-34-36-26-23-32(29-42(36)50(9,10)40(34)27-30)51(31-22-25-35-33-15-11-12-17-38(33)49(7,8)41(35)28-31)43-19-13-16-37-45-39(48(4,5)6)18-14-20-44(45)52-46(37)43/h11-29H,1-10H3. The van der Waals surface area contributed by atoms with E-state index in [1.807, 2.05) is 0 Å². The Bertz CT molecular complexity index is 2600. The minimum atomic E-state index is -0.151. The van der Waals surface area contributed by atoms with Gasteiger partial charge in [0, 0.05) is 33.0 Å². The Morgan fingerprint density at radius 2 is 1.06 bits per heavy atom. The van der Waals surface area contributed by atoms with Crippen LogP contribution in [-0.2, 0) is 21.7 Å². The lowest BCUT2D eigenvalue weighted by Crippen LogP contribution is -2.19. The van der Waals surface area contributed by atoms with Crippen molar-refractivity contribution in [3.63, 3.8) is 0 Å². The summed E-state index contributed by atoms with van der Waals surface area (Å²) < 4.78 is 6.92. The number of para-hydroxylation sites is 1. The molecule has 2 aliphatic rings. The first kappa shape index (κ1) is 32.8. The van der Waals surface area contributed by atoms with Crippen molar-refractivity contribution in [2.75, 3.05) is 4.90 Å². The first-order valence-corrected chi connectivity index (χ1v) is 18.9. The van der Waals surface area contributed by atoms with E-state index in [0.29, 0.717) is 0 Å². The van der Waals surface area contributed by atoms with Gasteiger partial charge in [-0.05, 0) is 103 Å². The Morgan fingerprint density at radius 1 is 0.500 bits per heavy atom. The van der Waals surface area contributed by atoms with Gasteiger partial charge in [0.15, 0.2) is 5.58 Å². The van der Waals surface area contributed by atoms with Gasteiger partial charge in [-0.3, -0.25) is 0 Å². The highest BCUT2D eigenvalue weighted by molar-refractivity contribution is 6.12. The summed E-state index contributed by atoms with van der Waals surface area (Å²) in [5.41, 5.74) is 18.4. The first-order valence-electron chi connectivity index (χ1n) is 18.9. The fraction of sp³-hybridized carbons (Fsp3) is 0.280. The molecule has 2 aliphatic carbocycles. The minimum Gasteiger partial charge on any atom is -0.454 e. The van der Waals surface area contributed by atoms with Gasteiger partial charge in [0.25, 0.3) is 0 Å². The average molecular weight is 680 g/mol. The van der Waals surface area contributed by atoms with Crippen LogP contribution in [0.15, 0.2) is 120 Å². The third-order valence-corrected chi connectivity index (χ3v) is 12.2. The first-order chi connectivity index (χ1) is 24.6. The number of hydrogen-bond donors (Lipinski definition) is 0. The van der Waals surface area contributed by atoms with Gasteiger partial charge in [-0.25, -0.2) is 0 Å². The maximum absolute atomic E-state index is 6.92. The van der Waals surface area contributed by atoms with E-state index in [0.717, 1.165) is 33.6 Å². The maximum atomic E-state index is 6.92. The van der Waals surface area contributed by atoms with E-state index < -0.39 is 0 Å². The van der Waals surface area contributed by atoms with Crippen LogP contribution >= 0.6 is 0 Å². The fourth-order valence-electron chi connectivity index (χ4n) is 9.22. The van der Waals surface area contributed by atoms with Crippen LogP contribution in [0.2, 0.25) is 0 Å². The van der Waals surface area contributed by atoms with E-state index in [4.69, 9.17) is 4.42 Å². The number of fused-ring (bicyclic) bond motifs is 9. The summed E-state index contributed by atoms with van der Waals surface area (Å²) in [7, 11) is 0. The van der Waals surface area contributed by atoms with Crippen LogP contribution in [0.3, 0.4) is 0 Å². The molecule has 2 nitrogen and oxygen atoms in total. The number of benzene rings is 6. The molecule has 2 heteroatoms. The molecule has 0 atom stereocenters. The predicted molar refractivity (Wildman–Crippen MR) is 221 cm³/mol. The highest BCUT2D eigenvalue weighted by Crippen LogP contribution is 2.54. The van der Waals surface area contributed by atoms with Crippen LogP contribution in [0, 0.1) is 0 Å². The molecule has 9 rings (SSSR count). The van der Waals surface area contributed by atoms with Crippen molar-refractivity contribution in [3.05, 3.63) is 149 Å². The smallest absolute Gasteiger partial charge is 0.159 e. The maximum Gasteiger partial charge on any atom is 0.159 e. The van der Waals surface area contributed by atoms with Gasteiger partial charge in [0.2, 0.25) is 0 Å². The van der Waals surface area contributed by atoms with E-state index >= 15 is 0 Å². The van der Waals surface area contributed by atoms with Crippen molar-refractivity contribution in [3.8, 4) is 22.3 Å². The van der Waals surface area contributed by atoms with E-state index in [1.54, 1.807) is 0 Å².